The molecular formula is C12H16BrClN2O. The summed E-state index contributed by atoms with van der Waals surface area (Å²) < 4.78 is 0.843. The molecule has 0 bridgehead atoms. The average molecular weight is 320 g/mol. The molecule has 1 unspecified atom stereocenters. The Bertz CT molecular complexity index is 425. The molecule has 0 radical (unpaired) electrons. The quantitative estimate of drug-likeness (QED) is 0.877. The lowest BCUT2D eigenvalue weighted by molar-refractivity contribution is -0.124. The summed E-state index contributed by atoms with van der Waals surface area (Å²) in [5.74, 6) is -0.340. The fourth-order valence-electron chi connectivity index (χ4n) is 1.33. The van der Waals surface area contributed by atoms with Gasteiger partial charge in [0, 0.05) is 11.0 Å². The molecule has 1 rings (SSSR count). The van der Waals surface area contributed by atoms with Crippen molar-refractivity contribution in [3.63, 3.8) is 0 Å². The van der Waals surface area contributed by atoms with Crippen LogP contribution in [0.4, 0.5) is 0 Å². The van der Waals surface area contributed by atoms with Crippen molar-refractivity contribution < 1.29 is 4.79 Å². The first-order valence-corrected chi connectivity index (χ1v) is 6.55. The predicted octanol–water partition coefficient (Wildman–Crippen LogP) is 2.85. The van der Waals surface area contributed by atoms with Crippen molar-refractivity contribution in [1.29, 1.82) is 0 Å². The van der Waals surface area contributed by atoms with Crippen LogP contribution in [-0.4, -0.2) is 11.4 Å². The smallest absolute Gasteiger partial charge is 0.237 e. The Balaban J connectivity index is 2.73. The summed E-state index contributed by atoms with van der Waals surface area (Å²) in [6.45, 7) is 4.30. The second-order valence-electron chi connectivity index (χ2n) is 4.15. The van der Waals surface area contributed by atoms with E-state index in [0.29, 0.717) is 18.0 Å². The normalized spacial score (nSPS) is 14.4. The summed E-state index contributed by atoms with van der Waals surface area (Å²) in [6, 6.07) is 5.65. The number of carbonyl (C=O) groups excluding carboxylic acids is 1. The van der Waals surface area contributed by atoms with E-state index in [2.05, 4.69) is 21.2 Å². The Hall–Kier alpha value is -0.580. The number of hydrogen-bond acceptors (Lipinski definition) is 2. The number of nitrogens with one attached hydrogen (secondary N) is 1. The molecule has 1 aromatic carbocycles. The standard InChI is InChI=1S/C12H16BrClN2O/c1-3-12(2,11(15)17)16-7-8-4-5-10(14)9(13)6-8/h4-6,16H,3,7H2,1-2H3,(H2,15,17). The molecule has 94 valence electrons. The van der Waals surface area contributed by atoms with E-state index in [1.807, 2.05) is 25.1 Å². The van der Waals surface area contributed by atoms with Crippen molar-refractivity contribution in [2.24, 2.45) is 5.73 Å². The highest BCUT2D eigenvalue weighted by Gasteiger charge is 2.27. The van der Waals surface area contributed by atoms with Crippen LogP contribution in [0.2, 0.25) is 5.02 Å². The Morgan fingerprint density at radius 2 is 2.24 bits per heavy atom. The fourth-order valence-corrected chi connectivity index (χ4v) is 1.88. The molecule has 0 aromatic heterocycles. The van der Waals surface area contributed by atoms with Gasteiger partial charge in [-0.3, -0.25) is 10.1 Å². The minimum absolute atomic E-state index is 0.340. The summed E-state index contributed by atoms with van der Waals surface area (Å²) in [6.07, 6.45) is 0.650. The van der Waals surface area contributed by atoms with Gasteiger partial charge in [-0.25, -0.2) is 0 Å². The molecule has 0 heterocycles. The predicted molar refractivity (Wildman–Crippen MR) is 73.9 cm³/mol. The van der Waals surface area contributed by atoms with E-state index in [1.54, 1.807) is 6.92 Å². The van der Waals surface area contributed by atoms with Crippen LogP contribution >= 0.6 is 27.5 Å². The third-order valence-corrected chi connectivity index (χ3v) is 4.13. The summed E-state index contributed by atoms with van der Waals surface area (Å²) in [5.41, 5.74) is 5.74. The molecule has 0 spiro atoms. The number of rotatable bonds is 5. The van der Waals surface area contributed by atoms with Crippen LogP contribution in [-0.2, 0) is 11.3 Å². The molecule has 17 heavy (non-hydrogen) atoms. The molecule has 3 nitrogen and oxygen atoms in total. The van der Waals surface area contributed by atoms with Gasteiger partial charge in [0.05, 0.1) is 10.6 Å². The third-order valence-electron chi connectivity index (χ3n) is 2.92. The lowest BCUT2D eigenvalue weighted by Crippen LogP contribution is -2.52. The minimum Gasteiger partial charge on any atom is -0.368 e. The first-order valence-electron chi connectivity index (χ1n) is 5.38. The van der Waals surface area contributed by atoms with E-state index in [4.69, 9.17) is 17.3 Å². The Morgan fingerprint density at radius 3 is 2.71 bits per heavy atom. The molecule has 0 aliphatic carbocycles. The molecule has 1 amide bonds. The summed E-state index contributed by atoms with van der Waals surface area (Å²) in [5, 5.41) is 3.84. The topological polar surface area (TPSA) is 55.1 Å². The van der Waals surface area contributed by atoms with Crippen molar-refractivity contribution in [2.75, 3.05) is 0 Å². The van der Waals surface area contributed by atoms with E-state index in [1.165, 1.54) is 0 Å². The van der Waals surface area contributed by atoms with Gasteiger partial charge in [-0.2, -0.15) is 0 Å². The van der Waals surface area contributed by atoms with Gasteiger partial charge in [0.25, 0.3) is 0 Å². The zero-order valence-corrected chi connectivity index (χ0v) is 12.2. The minimum atomic E-state index is -0.674. The molecule has 0 saturated carbocycles. The number of hydrogen-bond donors (Lipinski definition) is 2. The highest BCUT2D eigenvalue weighted by Crippen LogP contribution is 2.23. The van der Waals surface area contributed by atoms with Crippen molar-refractivity contribution >= 4 is 33.4 Å². The van der Waals surface area contributed by atoms with Gasteiger partial charge in [0.1, 0.15) is 0 Å². The van der Waals surface area contributed by atoms with Gasteiger partial charge in [0.2, 0.25) is 5.91 Å². The number of nitrogens with two attached hydrogens (primary N) is 1. The largest absolute Gasteiger partial charge is 0.368 e. The molecular weight excluding hydrogens is 304 g/mol. The van der Waals surface area contributed by atoms with Gasteiger partial charge in [0.15, 0.2) is 0 Å². The van der Waals surface area contributed by atoms with Crippen LogP contribution in [0.3, 0.4) is 0 Å². The Morgan fingerprint density at radius 1 is 1.59 bits per heavy atom. The van der Waals surface area contributed by atoms with E-state index >= 15 is 0 Å². The van der Waals surface area contributed by atoms with E-state index in [-0.39, 0.29) is 5.91 Å². The first kappa shape index (κ1) is 14.5. The number of benzene rings is 1. The van der Waals surface area contributed by atoms with Gasteiger partial charge < -0.3 is 5.73 Å². The first-order chi connectivity index (χ1) is 7.89. The maximum Gasteiger partial charge on any atom is 0.237 e. The molecule has 0 aliphatic rings. The summed E-state index contributed by atoms with van der Waals surface area (Å²) >= 11 is 9.27. The van der Waals surface area contributed by atoms with E-state index in [0.717, 1.165) is 10.0 Å². The molecule has 3 N–H and O–H groups in total. The van der Waals surface area contributed by atoms with Crippen LogP contribution in [0, 0.1) is 0 Å². The maximum absolute atomic E-state index is 11.3. The SMILES string of the molecule is CCC(C)(NCc1ccc(Cl)c(Br)c1)C(N)=O. The monoisotopic (exact) mass is 318 g/mol. The summed E-state index contributed by atoms with van der Waals surface area (Å²) in [7, 11) is 0. The number of primary amides is 1. The van der Waals surface area contributed by atoms with E-state index in [9.17, 15) is 4.79 Å². The average Bonchev–Trinajstić information content (AvgIpc) is 2.30. The zero-order valence-electron chi connectivity index (χ0n) is 9.89. The van der Waals surface area contributed by atoms with Crippen molar-refractivity contribution in [1.82, 2.24) is 5.32 Å². The number of amides is 1. The second-order valence-corrected chi connectivity index (χ2v) is 5.41. The van der Waals surface area contributed by atoms with Gasteiger partial charge in [-0.1, -0.05) is 24.6 Å². The van der Waals surface area contributed by atoms with Gasteiger partial charge >= 0.3 is 0 Å². The lowest BCUT2D eigenvalue weighted by atomic mass is 9.98. The highest BCUT2D eigenvalue weighted by atomic mass is 79.9. The molecule has 0 fully saturated rings. The van der Waals surface area contributed by atoms with Crippen LogP contribution in [0.25, 0.3) is 0 Å². The lowest BCUT2D eigenvalue weighted by Gasteiger charge is -2.26. The number of halogens is 2. The van der Waals surface area contributed by atoms with Gasteiger partial charge in [-0.15, -0.1) is 0 Å². The molecule has 0 saturated heterocycles. The van der Waals surface area contributed by atoms with Crippen LogP contribution in [0.1, 0.15) is 25.8 Å². The zero-order chi connectivity index (χ0) is 13.1. The highest BCUT2D eigenvalue weighted by molar-refractivity contribution is 9.10. The molecule has 1 atom stereocenters. The Kier molecular flexibility index (Phi) is 4.98. The second kappa shape index (κ2) is 5.85. The van der Waals surface area contributed by atoms with Crippen LogP contribution in [0.5, 0.6) is 0 Å². The maximum atomic E-state index is 11.3. The van der Waals surface area contributed by atoms with Gasteiger partial charge in [-0.05, 0) is 47.0 Å². The van der Waals surface area contributed by atoms with Crippen LogP contribution < -0.4 is 11.1 Å². The molecule has 5 heteroatoms. The van der Waals surface area contributed by atoms with Crippen molar-refractivity contribution in [3.8, 4) is 0 Å². The third kappa shape index (κ3) is 3.69. The summed E-state index contributed by atoms with van der Waals surface area (Å²) in [4.78, 5) is 11.3. The molecule has 0 aliphatic heterocycles. The van der Waals surface area contributed by atoms with Crippen LogP contribution in [0.15, 0.2) is 22.7 Å². The fraction of sp³-hybridized carbons (Fsp3) is 0.417. The van der Waals surface area contributed by atoms with E-state index < -0.39 is 5.54 Å². The Labute approximate surface area is 115 Å². The van der Waals surface area contributed by atoms with Crippen molar-refractivity contribution in [3.05, 3.63) is 33.3 Å². The molecule has 1 aromatic rings. The van der Waals surface area contributed by atoms with Crippen molar-refractivity contribution in [2.45, 2.75) is 32.4 Å². The number of carbonyl (C=O) groups is 1.